The van der Waals surface area contributed by atoms with Gasteiger partial charge in [-0.2, -0.15) is 0 Å². The monoisotopic (exact) mass is 432 g/mol. The Morgan fingerprint density at radius 3 is 2.16 bits per heavy atom. The van der Waals surface area contributed by atoms with E-state index in [1.807, 2.05) is 52.0 Å². The first-order valence-corrected chi connectivity index (χ1v) is 11.3. The van der Waals surface area contributed by atoms with Crippen LogP contribution in [0, 0.1) is 5.82 Å². The summed E-state index contributed by atoms with van der Waals surface area (Å²) in [7, 11) is 0. The molecular formula is C27H29FN2O2. The molecule has 0 radical (unpaired) electrons. The lowest BCUT2D eigenvalue weighted by Gasteiger charge is -2.23. The smallest absolute Gasteiger partial charge is 0.261 e. The number of carbonyl (C=O) groups is 2. The Morgan fingerprint density at radius 1 is 0.906 bits per heavy atom. The van der Waals surface area contributed by atoms with Gasteiger partial charge in [0.25, 0.3) is 11.8 Å². The van der Waals surface area contributed by atoms with Crippen LogP contribution in [0.15, 0.2) is 60.8 Å². The van der Waals surface area contributed by atoms with Crippen LogP contribution < -0.4 is 0 Å². The summed E-state index contributed by atoms with van der Waals surface area (Å²) in [6.07, 6.45) is 2.38. The van der Waals surface area contributed by atoms with E-state index in [2.05, 4.69) is 4.98 Å². The van der Waals surface area contributed by atoms with Crippen LogP contribution >= 0.6 is 0 Å². The van der Waals surface area contributed by atoms with Crippen molar-refractivity contribution in [1.29, 1.82) is 0 Å². The number of imide groups is 1. The Morgan fingerprint density at radius 2 is 1.50 bits per heavy atom. The molecule has 2 amide bonds. The molecule has 1 unspecified atom stereocenters. The molecule has 0 saturated carbocycles. The Bertz CT molecular complexity index is 1090. The highest BCUT2D eigenvalue weighted by Gasteiger charge is 2.37. The molecule has 0 N–H and O–H groups in total. The van der Waals surface area contributed by atoms with Gasteiger partial charge in [-0.3, -0.25) is 19.5 Å². The SMILES string of the molecule is CC.CC.O=C1c2ccccc2C(=O)N1CC1Cc2ncc(F)cc2Cc2ccccc21. The van der Waals surface area contributed by atoms with E-state index in [4.69, 9.17) is 0 Å². The third-order valence-electron chi connectivity index (χ3n) is 5.62. The summed E-state index contributed by atoms with van der Waals surface area (Å²) >= 11 is 0. The second kappa shape index (κ2) is 10.3. The number of rotatable bonds is 2. The van der Waals surface area contributed by atoms with Gasteiger partial charge in [-0.15, -0.1) is 0 Å². The fraction of sp³-hybridized carbons (Fsp3) is 0.296. The number of pyridine rings is 1. The van der Waals surface area contributed by atoms with Gasteiger partial charge in [0.05, 0.1) is 17.3 Å². The van der Waals surface area contributed by atoms with Gasteiger partial charge in [-0.25, -0.2) is 4.39 Å². The van der Waals surface area contributed by atoms with Crippen molar-refractivity contribution in [3.8, 4) is 0 Å². The minimum Gasteiger partial charge on any atom is -0.274 e. The van der Waals surface area contributed by atoms with Crippen LogP contribution in [0.3, 0.4) is 0 Å². The van der Waals surface area contributed by atoms with Crippen molar-refractivity contribution < 1.29 is 14.0 Å². The predicted octanol–water partition coefficient (Wildman–Crippen LogP) is 5.80. The molecule has 1 aliphatic carbocycles. The Hall–Kier alpha value is -3.34. The average molecular weight is 433 g/mol. The lowest BCUT2D eigenvalue weighted by molar-refractivity contribution is 0.0643. The highest BCUT2D eigenvalue weighted by Crippen LogP contribution is 2.34. The number of carbonyl (C=O) groups excluding carboxylic acids is 2. The van der Waals surface area contributed by atoms with Crippen molar-refractivity contribution >= 4 is 11.8 Å². The lowest BCUT2D eigenvalue weighted by atomic mass is 9.91. The summed E-state index contributed by atoms with van der Waals surface area (Å²) in [6.45, 7) is 8.28. The first-order chi connectivity index (χ1) is 15.6. The van der Waals surface area contributed by atoms with Crippen LogP contribution in [0.5, 0.6) is 0 Å². The van der Waals surface area contributed by atoms with Crippen molar-refractivity contribution in [2.24, 2.45) is 0 Å². The van der Waals surface area contributed by atoms with Crippen LogP contribution in [0.1, 0.15) is 76.7 Å². The largest absolute Gasteiger partial charge is 0.274 e. The van der Waals surface area contributed by atoms with Crippen molar-refractivity contribution in [3.05, 3.63) is 100 Å². The van der Waals surface area contributed by atoms with Gasteiger partial charge in [0.1, 0.15) is 5.82 Å². The van der Waals surface area contributed by atoms with E-state index in [9.17, 15) is 14.0 Å². The van der Waals surface area contributed by atoms with Gasteiger partial charge < -0.3 is 0 Å². The Kier molecular flexibility index (Phi) is 7.52. The quantitative estimate of drug-likeness (QED) is 0.481. The van der Waals surface area contributed by atoms with E-state index in [0.29, 0.717) is 24.0 Å². The summed E-state index contributed by atoms with van der Waals surface area (Å²) in [5.41, 5.74) is 4.74. The normalized spacial score (nSPS) is 15.9. The molecule has 0 spiro atoms. The molecular weight excluding hydrogens is 403 g/mol. The summed E-state index contributed by atoms with van der Waals surface area (Å²) in [6, 6.07) is 16.4. The van der Waals surface area contributed by atoms with Gasteiger partial charge in [0.15, 0.2) is 0 Å². The topological polar surface area (TPSA) is 50.3 Å². The maximum Gasteiger partial charge on any atom is 0.261 e. The van der Waals surface area contributed by atoms with Crippen molar-refractivity contribution in [2.45, 2.75) is 46.5 Å². The highest BCUT2D eigenvalue weighted by molar-refractivity contribution is 6.21. The molecule has 5 heteroatoms. The number of fused-ring (bicyclic) bond motifs is 3. The maximum absolute atomic E-state index is 13.7. The average Bonchev–Trinajstić information content (AvgIpc) is 2.98. The molecule has 32 heavy (non-hydrogen) atoms. The standard InChI is InChI=1S/C23H17FN2O2.2C2H6/c24-17-10-15-9-14-5-1-2-6-18(14)16(11-21(15)25-12-17)13-26-22(27)19-7-3-4-8-20(19)23(26)28;2*1-2/h1-8,10,12,16H,9,11,13H2;2*1-2H3. The van der Waals surface area contributed by atoms with Crippen LogP contribution in [0.25, 0.3) is 0 Å². The number of aromatic nitrogens is 1. The summed E-state index contributed by atoms with van der Waals surface area (Å²) in [4.78, 5) is 31.3. The molecule has 2 aliphatic rings. The second-order valence-electron chi connectivity index (χ2n) is 7.30. The fourth-order valence-electron chi connectivity index (χ4n) is 4.28. The van der Waals surface area contributed by atoms with E-state index >= 15 is 0 Å². The van der Waals surface area contributed by atoms with Crippen molar-refractivity contribution in [1.82, 2.24) is 9.88 Å². The molecule has 0 saturated heterocycles. The summed E-state index contributed by atoms with van der Waals surface area (Å²) in [5.74, 6) is -0.947. The molecule has 1 aromatic heterocycles. The number of amides is 2. The van der Waals surface area contributed by atoms with E-state index in [1.54, 1.807) is 24.3 Å². The van der Waals surface area contributed by atoms with Crippen LogP contribution in [0.4, 0.5) is 4.39 Å². The second-order valence-corrected chi connectivity index (χ2v) is 7.30. The number of hydrogen-bond acceptors (Lipinski definition) is 3. The molecule has 0 bridgehead atoms. The van der Waals surface area contributed by atoms with E-state index in [-0.39, 0.29) is 30.1 Å². The fourth-order valence-corrected chi connectivity index (χ4v) is 4.28. The van der Waals surface area contributed by atoms with Crippen LogP contribution in [-0.4, -0.2) is 28.2 Å². The van der Waals surface area contributed by atoms with E-state index in [1.165, 1.54) is 17.2 Å². The number of hydrogen-bond donors (Lipinski definition) is 0. The molecule has 3 aromatic rings. The van der Waals surface area contributed by atoms with Crippen molar-refractivity contribution in [2.75, 3.05) is 6.54 Å². The zero-order valence-electron chi connectivity index (χ0n) is 19.1. The highest BCUT2D eigenvalue weighted by atomic mass is 19.1. The molecule has 2 aromatic carbocycles. The van der Waals surface area contributed by atoms with Crippen LogP contribution in [-0.2, 0) is 12.8 Å². The number of benzene rings is 2. The summed E-state index contributed by atoms with van der Waals surface area (Å²) < 4.78 is 13.7. The predicted molar refractivity (Wildman–Crippen MR) is 124 cm³/mol. The zero-order valence-corrected chi connectivity index (χ0v) is 19.1. The zero-order chi connectivity index (χ0) is 23.3. The molecule has 0 fully saturated rings. The van der Waals surface area contributed by atoms with Gasteiger partial charge in [-0.1, -0.05) is 64.1 Å². The number of halogens is 1. The first-order valence-electron chi connectivity index (χ1n) is 11.3. The van der Waals surface area contributed by atoms with Gasteiger partial charge in [-0.05, 0) is 47.7 Å². The molecule has 4 nitrogen and oxygen atoms in total. The van der Waals surface area contributed by atoms with Crippen LogP contribution in [0.2, 0.25) is 0 Å². The molecule has 1 atom stereocenters. The first kappa shape index (κ1) is 23.3. The third kappa shape index (κ3) is 4.33. The van der Waals surface area contributed by atoms with Crippen molar-refractivity contribution in [3.63, 3.8) is 0 Å². The maximum atomic E-state index is 13.7. The van der Waals surface area contributed by atoms with Gasteiger partial charge in [0.2, 0.25) is 0 Å². The van der Waals surface area contributed by atoms with E-state index < -0.39 is 0 Å². The minimum atomic E-state index is -0.352. The van der Waals surface area contributed by atoms with Gasteiger partial charge >= 0.3 is 0 Å². The molecule has 1 aliphatic heterocycles. The molecule has 2 heterocycles. The number of nitrogens with zero attached hydrogens (tertiary/aromatic N) is 2. The molecule has 166 valence electrons. The van der Waals surface area contributed by atoms with E-state index in [0.717, 1.165) is 22.4 Å². The minimum absolute atomic E-state index is 0.0855. The van der Waals surface area contributed by atoms with Gasteiger partial charge in [0, 0.05) is 18.2 Å². The third-order valence-corrected chi connectivity index (χ3v) is 5.62. The summed E-state index contributed by atoms with van der Waals surface area (Å²) in [5, 5.41) is 0. The lowest BCUT2D eigenvalue weighted by Crippen LogP contribution is -2.34. The Balaban J connectivity index is 0.000000686. The Labute approximate surface area is 189 Å². The molecule has 5 rings (SSSR count).